The van der Waals surface area contributed by atoms with Gasteiger partial charge in [0.2, 0.25) is 0 Å². The van der Waals surface area contributed by atoms with Gasteiger partial charge in [-0.1, -0.05) is 24.6 Å². The van der Waals surface area contributed by atoms with Crippen LogP contribution in [0.25, 0.3) is 0 Å². The summed E-state index contributed by atoms with van der Waals surface area (Å²) < 4.78 is 7.59. The molecule has 0 saturated carbocycles. The number of carboxylic acid groups (broad SMARTS) is 1. The summed E-state index contributed by atoms with van der Waals surface area (Å²) in [6.45, 7) is 5.57. The number of para-hydroxylation sites is 1. The van der Waals surface area contributed by atoms with E-state index in [0.717, 1.165) is 57.7 Å². The maximum atomic E-state index is 11.5. The average molecular weight is 383 g/mol. The molecule has 0 atom stereocenters. The number of fused-ring (bicyclic) bond motifs is 1. The molecule has 5 nitrogen and oxygen atoms in total. The molecular formula is C23H30N2O3. The Balaban J connectivity index is 1.72. The number of aromatic nitrogens is 1. The predicted molar refractivity (Wildman–Crippen MR) is 110 cm³/mol. The lowest BCUT2D eigenvalue weighted by Gasteiger charge is -2.30. The van der Waals surface area contributed by atoms with Gasteiger partial charge in [0.15, 0.2) is 0 Å². The number of aliphatic carboxylic acids is 1. The van der Waals surface area contributed by atoms with E-state index >= 15 is 0 Å². The third-order valence-electron chi connectivity index (χ3n) is 6.22. The lowest BCUT2D eigenvalue weighted by Crippen LogP contribution is -2.36. The maximum Gasteiger partial charge on any atom is 0.323 e. The number of rotatable bonds is 5. The quantitative estimate of drug-likeness (QED) is 0.803. The number of anilines is 1. The molecule has 0 radical (unpaired) electrons. The third-order valence-corrected chi connectivity index (χ3v) is 6.22. The van der Waals surface area contributed by atoms with Crippen LogP contribution in [0.4, 0.5) is 5.69 Å². The molecule has 28 heavy (non-hydrogen) atoms. The number of hydrogen-bond acceptors (Lipinski definition) is 3. The van der Waals surface area contributed by atoms with E-state index in [1.807, 2.05) is 0 Å². The molecule has 2 aliphatic rings. The number of nitrogens with zero attached hydrogens (tertiary/aromatic N) is 2. The van der Waals surface area contributed by atoms with E-state index in [1.165, 1.54) is 40.9 Å². The molecule has 0 unspecified atom stereocenters. The third kappa shape index (κ3) is 3.81. The average Bonchev–Trinajstić information content (AvgIpc) is 2.87. The molecule has 2 aromatic rings. The van der Waals surface area contributed by atoms with E-state index in [1.54, 1.807) is 0 Å². The second-order valence-electron chi connectivity index (χ2n) is 7.93. The molecule has 5 heteroatoms. The van der Waals surface area contributed by atoms with Gasteiger partial charge in [-0.15, -0.1) is 0 Å². The zero-order valence-corrected chi connectivity index (χ0v) is 16.7. The van der Waals surface area contributed by atoms with Gasteiger partial charge in [-0.2, -0.15) is 0 Å². The van der Waals surface area contributed by atoms with Crippen molar-refractivity contribution in [1.82, 2.24) is 4.57 Å². The molecule has 1 saturated heterocycles. The molecule has 4 rings (SSSR count). The van der Waals surface area contributed by atoms with Crippen molar-refractivity contribution >= 4 is 11.7 Å². The van der Waals surface area contributed by atoms with E-state index in [4.69, 9.17) is 4.74 Å². The van der Waals surface area contributed by atoms with Gasteiger partial charge in [0.25, 0.3) is 0 Å². The lowest BCUT2D eigenvalue weighted by atomic mass is 9.96. The number of benzene rings is 1. The summed E-state index contributed by atoms with van der Waals surface area (Å²) in [5.41, 5.74) is 7.76. The van der Waals surface area contributed by atoms with Crippen LogP contribution in [0.2, 0.25) is 0 Å². The van der Waals surface area contributed by atoms with Crippen LogP contribution in [-0.2, 0) is 35.3 Å². The number of carbonyl (C=O) groups is 1. The van der Waals surface area contributed by atoms with Crippen molar-refractivity contribution in [3.05, 3.63) is 52.3 Å². The van der Waals surface area contributed by atoms with Crippen LogP contribution in [-0.4, -0.2) is 41.9 Å². The van der Waals surface area contributed by atoms with Crippen molar-refractivity contribution in [3.8, 4) is 0 Å². The van der Waals surface area contributed by atoms with Crippen LogP contribution in [0, 0.1) is 6.92 Å². The fraction of sp³-hybridized carbons (Fsp3) is 0.522. The van der Waals surface area contributed by atoms with Crippen molar-refractivity contribution in [3.63, 3.8) is 0 Å². The van der Waals surface area contributed by atoms with E-state index in [-0.39, 0.29) is 6.54 Å². The molecule has 1 aliphatic heterocycles. The topological polar surface area (TPSA) is 54.7 Å². The Morgan fingerprint density at radius 1 is 1.11 bits per heavy atom. The Morgan fingerprint density at radius 2 is 1.86 bits per heavy atom. The minimum absolute atomic E-state index is 0.0687. The fourth-order valence-corrected chi connectivity index (χ4v) is 4.82. The van der Waals surface area contributed by atoms with Crippen LogP contribution in [0.5, 0.6) is 0 Å². The second kappa shape index (κ2) is 8.39. The standard InChI is InChI=1S/C23H30N2O3/c1-17-20(19-8-3-2-4-10-22(19)25(17)16-23(26)27)15-18-7-5-6-9-21(18)24-11-13-28-14-12-24/h5-7,9H,2-4,8,10-16H2,1H3,(H,26,27). The van der Waals surface area contributed by atoms with Gasteiger partial charge in [0, 0.05) is 36.6 Å². The number of carboxylic acids is 1. The highest BCUT2D eigenvalue weighted by atomic mass is 16.5. The molecular weight excluding hydrogens is 352 g/mol. The molecule has 1 N–H and O–H groups in total. The summed E-state index contributed by atoms with van der Waals surface area (Å²) in [4.78, 5) is 13.9. The monoisotopic (exact) mass is 382 g/mol. The van der Waals surface area contributed by atoms with E-state index < -0.39 is 5.97 Å². The highest BCUT2D eigenvalue weighted by Gasteiger charge is 2.24. The molecule has 1 aromatic carbocycles. The summed E-state index contributed by atoms with van der Waals surface area (Å²) in [5, 5.41) is 9.44. The van der Waals surface area contributed by atoms with Crippen LogP contribution in [0.3, 0.4) is 0 Å². The Hall–Kier alpha value is -2.27. The van der Waals surface area contributed by atoms with Gasteiger partial charge in [-0.3, -0.25) is 4.79 Å². The number of hydrogen-bond donors (Lipinski definition) is 1. The van der Waals surface area contributed by atoms with Crippen molar-refractivity contribution in [2.45, 2.75) is 52.0 Å². The van der Waals surface area contributed by atoms with E-state index in [0.29, 0.717) is 0 Å². The zero-order chi connectivity index (χ0) is 19.5. The smallest absolute Gasteiger partial charge is 0.323 e. The van der Waals surface area contributed by atoms with Crippen LogP contribution >= 0.6 is 0 Å². The van der Waals surface area contributed by atoms with E-state index in [2.05, 4.69) is 40.7 Å². The van der Waals surface area contributed by atoms with Gasteiger partial charge in [-0.05, 0) is 55.4 Å². The summed E-state index contributed by atoms with van der Waals surface area (Å²) >= 11 is 0. The molecule has 1 fully saturated rings. The summed E-state index contributed by atoms with van der Waals surface area (Å²) in [6.07, 6.45) is 6.51. The highest BCUT2D eigenvalue weighted by molar-refractivity contribution is 5.67. The van der Waals surface area contributed by atoms with Crippen LogP contribution in [0.15, 0.2) is 24.3 Å². The SMILES string of the molecule is Cc1c(Cc2ccccc2N2CCOCC2)c2c(n1CC(=O)O)CCCCC2. The van der Waals surface area contributed by atoms with Crippen molar-refractivity contribution in [1.29, 1.82) is 0 Å². The molecule has 1 aliphatic carbocycles. The largest absolute Gasteiger partial charge is 0.480 e. The van der Waals surface area contributed by atoms with Gasteiger partial charge < -0.3 is 19.3 Å². The predicted octanol–water partition coefficient (Wildman–Crippen LogP) is 3.58. The molecule has 0 amide bonds. The number of morpholine rings is 1. The van der Waals surface area contributed by atoms with Crippen molar-refractivity contribution < 1.29 is 14.6 Å². The highest BCUT2D eigenvalue weighted by Crippen LogP contribution is 2.33. The Labute approximate surface area is 166 Å². The van der Waals surface area contributed by atoms with E-state index in [9.17, 15) is 9.90 Å². The first-order valence-electron chi connectivity index (χ1n) is 10.5. The second-order valence-corrected chi connectivity index (χ2v) is 7.93. The first kappa shape index (κ1) is 19.1. The summed E-state index contributed by atoms with van der Waals surface area (Å²) in [5.74, 6) is -0.759. The summed E-state index contributed by atoms with van der Waals surface area (Å²) in [7, 11) is 0. The Morgan fingerprint density at radius 3 is 2.64 bits per heavy atom. The molecule has 0 spiro atoms. The van der Waals surface area contributed by atoms with Crippen LogP contribution in [0.1, 0.15) is 47.3 Å². The minimum Gasteiger partial charge on any atom is -0.480 e. The minimum atomic E-state index is -0.759. The van der Waals surface area contributed by atoms with Crippen molar-refractivity contribution in [2.75, 3.05) is 31.2 Å². The molecule has 2 heterocycles. The molecule has 150 valence electrons. The molecule has 0 bridgehead atoms. The first-order chi connectivity index (χ1) is 13.6. The molecule has 1 aromatic heterocycles. The van der Waals surface area contributed by atoms with Gasteiger partial charge in [-0.25, -0.2) is 0 Å². The normalized spacial score (nSPS) is 17.2. The Bertz CT molecular complexity index is 850. The van der Waals surface area contributed by atoms with Gasteiger partial charge in [0.05, 0.1) is 13.2 Å². The fourth-order valence-electron chi connectivity index (χ4n) is 4.82. The Kier molecular flexibility index (Phi) is 5.72. The van der Waals surface area contributed by atoms with Gasteiger partial charge in [0.1, 0.15) is 6.54 Å². The lowest BCUT2D eigenvalue weighted by molar-refractivity contribution is -0.137. The van der Waals surface area contributed by atoms with Crippen LogP contribution < -0.4 is 4.90 Å². The van der Waals surface area contributed by atoms with Crippen molar-refractivity contribution in [2.24, 2.45) is 0 Å². The van der Waals surface area contributed by atoms with Gasteiger partial charge >= 0.3 is 5.97 Å². The zero-order valence-electron chi connectivity index (χ0n) is 16.7. The summed E-state index contributed by atoms with van der Waals surface area (Å²) in [6, 6.07) is 8.66. The first-order valence-corrected chi connectivity index (χ1v) is 10.5. The maximum absolute atomic E-state index is 11.5. The number of ether oxygens (including phenoxy) is 1.